The lowest BCUT2D eigenvalue weighted by Crippen LogP contribution is -2.37. The van der Waals surface area contributed by atoms with E-state index >= 15 is 0 Å². The number of aromatic nitrogens is 2. The lowest BCUT2D eigenvalue weighted by Gasteiger charge is -2.28. The number of carbonyl (C=O) groups excluding carboxylic acids is 2. The molecule has 1 saturated carbocycles. The summed E-state index contributed by atoms with van der Waals surface area (Å²) >= 11 is 6.70. The molecule has 2 N–H and O–H groups in total. The molecule has 0 unspecified atom stereocenters. The number of halogens is 4. The Morgan fingerprint density at radius 2 is 1.97 bits per heavy atom. The predicted molar refractivity (Wildman–Crippen MR) is 138 cm³/mol. The molecular weight excluding hydrogens is 525 g/mol. The number of amides is 2. The molecule has 2 heterocycles. The number of hydrogen-bond donors (Lipinski definition) is 1. The maximum Gasteiger partial charge on any atom is 0.416 e. The van der Waals surface area contributed by atoms with Gasteiger partial charge in [0, 0.05) is 23.0 Å². The minimum Gasteiger partial charge on any atom is -0.328 e. The first-order chi connectivity index (χ1) is 17.6. The molecule has 2 aromatic carbocycles. The highest BCUT2D eigenvalue weighted by atomic mass is 35.5. The first-order valence-corrected chi connectivity index (χ1v) is 13.1. The van der Waals surface area contributed by atoms with Crippen molar-refractivity contribution in [2.75, 3.05) is 6.54 Å². The molecule has 2 aliphatic rings. The van der Waals surface area contributed by atoms with Gasteiger partial charge in [0.05, 0.1) is 28.7 Å². The first-order valence-electron chi connectivity index (χ1n) is 11.9. The second kappa shape index (κ2) is 10.2. The maximum absolute atomic E-state index is 13.5. The lowest BCUT2D eigenvalue weighted by molar-refractivity contribution is -0.138. The SMILES string of the molecule is N[C@@H]1CCC[C@@H](CN2C(=O)SC(=Cc3ccc4c(cnn4Cc4ccc(Cl)cc4C(F)(F)F)c3)C2=O)C1. The monoisotopic (exact) mass is 548 g/mol. The van der Waals surface area contributed by atoms with E-state index in [0.717, 1.165) is 43.5 Å². The number of carbonyl (C=O) groups is 2. The Kier molecular flexibility index (Phi) is 7.08. The van der Waals surface area contributed by atoms with Gasteiger partial charge in [-0.05, 0) is 78.4 Å². The minimum atomic E-state index is -4.54. The van der Waals surface area contributed by atoms with Crippen LogP contribution in [-0.4, -0.2) is 38.4 Å². The van der Waals surface area contributed by atoms with Gasteiger partial charge in [0.15, 0.2) is 0 Å². The molecule has 5 rings (SSSR count). The quantitative estimate of drug-likeness (QED) is 0.378. The smallest absolute Gasteiger partial charge is 0.328 e. The summed E-state index contributed by atoms with van der Waals surface area (Å²) in [6.07, 6.45) is 2.42. The van der Waals surface area contributed by atoms with Crippen LogP contribution in [0.2, 0.25) is 5.02 Å². The fourth-order valence-electron chi connectivity index (χ4n) is 5.00. The van der Waals surface area contributed by atoms with Crippen molar-refractivity contribution in [3.05, 3.63) is 69.2 Å². The van der Waals surface area contributed by atoms with Crippen molar-refractivity contribution in [1.29, 1.82) is 0 Å². The average Bonchev–Trinajstić information content (AvgIpc) is 3.35. The van der Waals surface area contributed by atoms with Crippen molar-refractivity contribution in [2.24, 2.45) is 11.7 Å². The van der Waals surface area contributed by atoms with Crippen molar-refractivity contribution in [3.8, 4) is 0 Å². The number of nitrogens with two attached hydrogens (primary N) is 1. The van der Waals surface area contributed by atoms with Crippen LogP contribution in [0.1, 0.15) is 42.4 Å². The predicted octanol–water partition coefficient (Wildman–Crippen LogP) is 6.31. The van der Waals surface area contributed by atoms with Crippen LogP contribution in [-0.2, 0) is 17.5 Å². The molecule has 1 saturated heterocycles. The average molecular weight is 549 g/mol. The van der Waals surface area contributed by atoms with Gasteiger partial charge in [0.25, 0.3) is 11.1 Å². The third-order valence-corrected chi connectivity index (χ3v) is 7.94. The topological polar surface area (TPSA) is 81.2 Å². The van der Waals surface area contributed by atoms with Crippen molar-refractivity contribution in [1.82, 2.24) is 14.7 Å². The number of imide groups is 1. The zero-order valence-electron chi connectivity index (χ0n) is 19.7. The molecular formula is C26H24ClF3N4O2S. The molecule has 2 atom stereocenters. The van der Waals surface area contributed by atoms with Crippen LogP contribution in [0.25, 0.3) is 17.0 Å². The third kappa shape index (κ3) is 5.56. The summed E-state index contributed by atoms with van der Waals surface area (Å²) in [6, 6.07) is 9.08. The number of fused-ring (bicyclic) bond motifs is 1. The molecule has 1 aliphatic carbocycles. The molecule has 3 aromatic rings. The Morgan fingerprint density at radius 3 is 2.73 bits per heavy atom. The number of thioether (sulfide) groups is 1. The summed E-state index contributed by atoms with van der Waals surface area (Å²) in [5.41, 5.74) is 6.64. The zero-order chi connectivity index (χ0) is 26.3. The van der Waals surface area contributed by atoms with Gasteiger partial charge in [0.2, 0.25) is 0 Å². The first kappa shape index (κ1) is 25.8. The molecule has 2 amide bonds. The summed E-state index contributed by atoms with van der Waals surface area (Å²) in [7, 11) is 0. The van der Waals surface area contributed by atoms with Crippen LogP contribution in [0.5, 0.6) is 0 Å². The van der Waals surface area contributed by atoms with Crippen LogP contribution >= 0.6 is 23.4 Å². The Labute approximate surface area is 220 Å². The highest BCUT2D eigenvalue weighted by Gasteiger charge is 2.37. The standard InChI is InChI=1S/C26H24ClF3N4O2S/c27-19-6-5-17(21(11-19)26(28,29)30)14-34-22-7-4-15(8-18(22)12-32-34)10-23-24(35)33(25(36)37-23)13-16-2-1-3-20(31)9-16/h4-8,10-12,16,20H,1-3,9,13-14,31H2/t16-,20-/m1/s1. The van der Waals surface area contributed by atoms with Crippen molar-refractivity contribution < 1.29 is 22.8 Å². The molecule has 6 nitrogen and oxygen atoms in total. The summed E-state index contributed by atoms with van der Waals surface area (Å²) in [5.74, 6) is -0.0929. The van der Waals surface area contributed by atoms with E-state index in [1.165, 1.54) is 21.7 Å². The number of hydrogen-bond acceptors (Lipinski definition) is 5. The summed E-state index contributed by atoms with van der Waals surface area (Å²) in [5, 5.41) is 4.70. The van der Waals surface area contributed by atoms with E-state index in [1.54, 1.807) is 30.5 Å². The highest BCUT2D eigenvalue weighted by Crippen LogP contribution is 2.36. The molecule has 1 aliphatic heterocycles. The molecule has 0 bridgehead atoms. The number of nitrogens with zero attached hydrogens (tertiary/aromatic N) is 3. The van der Waals surface area contributed by atoms with E-state index in [2.05, 4.69) is 5.10 Å². The van der Waals surface area contributed by atoms with Crippen LogP contribution in [0.4, 0.5) is 18.0 Å². The number of benzene rings is 2. The number of alkyl halides is 3. The van der Waals surface area contributed by atoms with Gasteiger partial charge in [-0.1, -0.05) is 30.2 Å². The van der Waals surface area contributed by atoms with Crippen LogP contribution in [0, 0.1) is 5.92 Å². The third-order valence-electron chi connectivity index (χ3n) is 6.80. The van der Waals surface area contributed by atoms with Gasteiger partial charge in [0.1, 0.15) is 0 Å². The highest BCUT2D eigenvalue weighted by molar-refractivity contribution is 8.18. The molecule has 194 valence electrons. The van der Waals surface area contributed by atoms with E-state index < -0.39 is 11.7 Å². The molecule has 2 fully saturated rings. The van der Waals surface area contributed by atoms with E-state index in [0.29, 0.717) is 27.9 Å². The Hall–Kier alpha value is -2.82. The second-order valence-electron chi connectivity index (χ2n) is 9.50. The molecule has 37 heavy (non-hydrogen) atoms. The fraction of sp³-hybridized carbons (Fsp3) is 0.346. The maximum atomic E-state index is 13.5. The Balaban J connectivity index is 1.35. The molecule has 0 radical (unpaired) electrons. The largest absolute Gasteiger partial charge is 0.416 e. The van der Waals surface area contributed by atoms with Crippen LogP contribution in [0.3, 0.4) is 0 Å². The normalized spacial score (nSPS) is 22.0. The molecule has 11 heteroatoms. The zero-order valence-corrected chi connectivity index (χ0v) is 21.2. The minimum absolute atomic E-state index is 0.0118. The van der Waals surface area contributed by atoms with Crippen LogP contribution < -0.4 is 5.73 Å². The van der Waals surface area contributed by atoms with E-state index in [1.807, 2.05) is 0 Å². The van der Waals surface area contributed by atoms with Crippen molar-refractivity contribution >= 4 is 51.5 Å². The van der Waals surface area contributed by atoms with E-state index in [9.17, 15) is 22.8 Å². The second-order valence-corrected chi connectivity index (χ2v) is 10.9. The van der Waals surface area contributed by atoms with Gasteiger partial charge in [-0.3, -0.25) is 19.2 Å². The number of rotatable bonds is 5. The lowest BCUT2D eigenvalue weighted by atomic mass is 9.86. The van der Waals surface area contributed by atoms with Gasteiger partial charge in [-0.25, -0.2) is 0 Å². The van der Waals surface area contributed by atoms with E-state index in [4.69, 9.17) is 17.3 Å². The Bertz CT molecular complexity index is 1400. The summed E-state index contributed by atoms with van der Waals surface area (Å²) in [6.45, 7) is 0.296. The van der Waals surface area contributed by atoms with Gasteiger partial charge >= 0.3 is 6.18 Å². The van der Waals surface area contributed by atoms with Crippen molar-refractivity contribution in [2.45, 2.75) is 44.4 Å². The van der Waals surface area contributed by atoms with Crippen molar-refractivity contribution in [3.63, 3.8) is 0 Å². The Morgan fingerprint density at radius 1 is 1.16 bits per heavy atom. The van der Waals surface area contributed by atoms with Gasteiger partial charge in [-0.15, -0.1) is 0 Å². The fourth-order valence-corrected chi connectivity index (χ4v) is 6.02. The van der Waals surface area contributed by atoms with Crippen LogP contribution in [0.15, 0.2) is 47.5 Å². The summed E-state index contributed by atoms with van der Waals surface area (Å²) < 4.78 is 42.0. The van der Waals surface area contributed by atoms with Gasteiger partial charge < -0.3 is 5.73 Å². The molecule has 1 aromatic heterocycles. The van der Waals surface area contributed by atoms with Gasteiger partial charge in [-0.2, -0.15) is 18.3 Å². The molecule has 0 spiro atoms. The van der Waals surface area contributed by atoms with E-state index in [-0.39, 0.29) is 40.2 Å². The summed E-state index contributed by atoms with van der Waals surface area (Å²) in [4.78, 5) is 27.1.